The summed E-state index contributed by atoms with van der Waals surface area (Å²) >= 11 is 0. The standard InChI is InChI=1S/C19H23N7O/c1-13-17(23-24-26(13)16-6-8-20-9-7-16)19(27)22-15-5-3-4-14(12-15)18-21-10-11-25(18)2/h3-5,10-12,16,20H,6-9H2,1-2H3,(H,22,27). The van der Waals surface area contributed by atoms with E-state index >= 15 is 0 Å². The second-order valence-corrected chi connectivity index (χ2v) is 6.85. The smallest absolute Gasteiger partial charge is 0.278 e. The molecule has 2 N–H and O–H groups in total. The predicted molar refractivity (Wildman–Crippen MR) is 102 cm³/mol. The van der Waals surface area contributed by atoms with E-state index in [4.69, 9.17) is 0 Å². The van der Waals surface area contributed by atoms with Crippen molar-refractivity contribution in [2.24, 2.45) is 7.05 Å². The number of nitrogens with zero attached hydrogens (tertiary/aromatic N) is 5. The van der Waals surface area contributed by atoms with Crippen LogP contribution in [0.1, 0.15) is 35.1 Å². The summed E-state index contributed by atoms with van der Waals surface area (Å²) in [6.07, 6.45) is 5.64. The van der Waals surface area contributed by atoms with Crippen LogP contribution in [0.25, 0.3) is 11.4 Å². The zero-order chi connectivity index (χ0) is 18.8. The van der Waals surface area contributed by atoms with Gasteiger partial charge in [-0.05, 0) is 45.0 Å². The number of rotatable bonds is 4. The van der Waals surface area contributed by atoms with Crippen LogP contribution >= 0.6 is 0 Å². The molecule has 2 aromatic heterocycles. The largest absolute Gasteiger partial charge is 0.334 e. The van der Waals surface area contributed by atoms with Crippen molar-refractivity contribution in [1.29, 1.82) is 0 Å². The predicted octanol–water partition coefficient (Wildman–Crippen LogP) is 2.16. The van der Waals surface area contributed by atoms with Crippen molar-refractivity contribution in [3.8, 4) is 11.4 Å². The summed E-state index contributed by atoms with van der Waals surface area (Å²) in [4.78, 5) is 17.1. The van der Waals surface area contributed by atoms with Crippen LogP contribution in [0.2, 0.25) is 0 Å². The summed E-state index contributed by atoms with van der Waals surface area (Å²) < 4.78 is 3.83. The molecule has 3 heterocycles. The first-order valence-corrected chi connectivity index (χ1v) is 9.15. The molecule has 1 aromatic carbocycles. The molecule has 27 heavy (non-hydrogen) atoms. The number of benzene rings is 1. The molecule has 1 aliphatic rings. The average Bonchev–Trinajstić information content (AvgIpc) is 3.28. The van der Waals surface area contributed by atoms with Crippen molar-refractivity contribution in [3.63, 3.8) is 0 Å². The van der Waals surface area contributed by atoms with Gasteiger partial charge < -0.3 is 15.2 Å². The van der Waals surface area contributed by atoms with E-state index in [-0.39, 0.29) is 5.91 Å². The molecule has 1 fully saturated rings. The van der Waals surface area contributed by atoms with Gasteiger partial charge in [0.1, 0.15) is 5.82 Å². The van der Waals surface area contributed by atoms with E-state index in [1.807, 2.05) is 53.7 Å². The monoisotopic (exact) mass is 365 g/mol. The Labute approximate surface area is 157 Å². The summed E-state index contributed by atoms with van der Waals surface area (Å²) in [6, 6.07) is 7.94. The molecule has 8 heteroatoms. The number of aromatic nitrogens is 5. The molecule has 0 atom stereocenters. The Hall–Kier alpha value is -3.00. The fraction of sp³-hybridized carbons (Fsp3) is 0.368. The third kappa shape index (κ3) is 3.48. The second kappa shape index (κ2) is 7.32. The molecule has 1 saturated heterocycles. The fourth-order valence-corrected chi connectivity index (χ4v) is 3.52. The molecule has 1 aliphatic heterocycles. The maximum absolute atomic E-state index is 12.7. The minimum atomic E-state index is -0.246. The molecular weight excluding hydrogens is 342 g/mol. The van der Waals surface area contributed by atoms with Crippen molar-refractivity contribution >= 4 is 11.6 Å². The first-order chi connectivity index (χ1) is 13.1. The lowest BCUT2D eigenvalue weighted by Gasteiger charge is -2.23. The van der Waals surface area contributed by atoms with Crippen LogP contribution < -0.4 is 10.6 Å². The van der Waals surface area contributed by atoms with Crippen LogP contribution in [0.3, 0.4) is 0 Å². The van der Waals surface area contributed by atoms with Crippen LogP contribution in [0.4, 0.5) is 5.69 Å². The quantitative estimate of drug-likeness (QED) is 0.740. The van der Waals surface area contributed by atoms with Gasteiger partial charge in [-0.1, -0.05) is 17.3 Å². The zero-order valence-electron chi connectivity index (χ0n) is 15.5. The molecular formula is C19H23N7O. The van der Waals surface area contributed by atoms with Crippen molar-refractivity contribution in [3.05, 3.63) is 48.0 Å². The van der Waals surface area contributed by atoms with Gasteiger partial charge in [0.05, 0.1) is 11.7 Å². The minimum absolute atomic E-state index is 0.246. The lowest BCUT2D eigenvalue weighted by atomic mass is 10.1. The number of carbonyl (C=O) groups is 1. The number of piperidine rings is 1. The van der Waals surface area contributed by atoms with Gasteiger partial charge in [0.15, 0.2) is 5.69 Å². The first-order valence-electron chi connectivity index (χ1n) is 9.15. The third-order valence-corrected chi connectivity index (χ3v) is 5.00. The van der Waals surface area contributed by atoms with Crippen LogP contribution in [0, 0.1) is 6.92 Å². The molecule has 140 valence electrons. The minimum Gasteiger partial charge on any atom is -0.334 e. The molecule has 0 aliphatic carbocycles. The van der Waals surface area contributed by atoms with Crippen LogP contribution in [0.5, 0.6) is 0 Å². The highest BCUT2D eigenvalue weighted by Crippen LogP contribution is 2.23. The van der Waals surface area contributed by atoms with Gasteiger partial charge in [-0.15, -0.1) is 5.10 Å². The summed E-state index contributed by atoms with van der Waals surface area (Å²) in [5.74, 6) is 0.601. The van der Waals surface area contributed by atoms with E-state index in [1.54, 1.807) is 6.20 Å². The third-order valence-electron chi connectivity index (χ3n) is 5.00. The lowest BCUT2D eigenvalue weighted by molar-refractivity contribution is 0.102. The molecule has 0 spiro atoms. The summed E-state index contributed by atoms with van der Waals surface area (Å²) in [5, 5.41) is 14.6. The molecule has 1 amide bonds. The van der Waals surface area contributed by atoms with Crippen molar-refractivity contribution in [2.75, 3.05) is 18.4 Å². The Morgan fingerprint density at radius 3 is 2.85 bits per heavy atom. The number of aryl methyl sites for hydroxylation is 1. The molecule has 8 nitrogen and oxygen atoms in total. The van der Waals surface area contributed by atoms with Gasteiger partial charge in [-0.2, -0.15) is 0 Å². The maximum atomic E-state index is 12.7. The number of anilines is 1. The van der Waals surface area contributed by atoms with Crippen LogP contribution in [-0.4, -0.2) is 43.5 Å². The number of carbonyl (C=O) groups excluding carboxylic acids is 1. The SMILES string of the molecule is Cc1c(C(=O)Nc2cccc(-c3nccn3C)c2)nnn1C1CCNCC1. The van der Waals surface area contributed by atoms with E-state index in [1.165, 1.54) is 0 Å². The Bertz CT molecular complexity index is 953. The highest BCUT2D eigenvalue weighted by Gasteiger charge is 2.23. The number of hydrogen-bond donors (Lipinski definition) is 2. The highest BCUT2D eigenvalue weighted by molar-refractivity contribution is 6.03. The van der Waals surface area contributed by atoms with Gasteiger partial charge in [0.25, 0.3) is 5.91 Å². The Morgan fingerprint density at radius 1 is 1.30 bits per heavy atom. The highest BCUT2D eigenvalue weighted by atomic mass is 16.2. The van der Waals surface area contributed by atoms with Crippen LogP contribution in [0.15, 0.2) is 36.7 Å². The van der Waals surface area contributed by atoms with E-state index in [2.05, 4.69) is 25.9 Å². The van der Waals surface area contributed by atoms with Crippen molar-refractivity contribution in [2.45, 2.75) is 25.8 Å². The maximum Gasteiger partial charge on any atom is 0.278 e. The number of nitrogens with one attached hydrogen (secondary N) is 2. The Balaban J connectivity index is 1.53. The second-order valence-electron chi connectivity index (χ2n) is 6.85. The normalized spacial score (nSPS) is 15.0. The molecule has 0 radical (unpaired) electrons. The van der Waals surface area contributed by atoms with Gasteiger partial charge >= 0.3 is 0 Å². The summed E-state index contributed by atoms with van der Waals surface area (Å²) in [7, 11) is 1.94. The van der Waals surface area contributed by atoms with E-state index in [0.29, 0.717) is 17.4 Å². The first kappa shape index (κ1) is 17.4. The van der Waals surface area contributed by atoms with E-state index in [9.17, 15) is 4.79 Å². The molecule has 0 saturated carbocycles. The number of hydrogen-bond acceptors (Lipinski definition) is 5. The molecule has 4 rings (SSSR count). The fourth-order valence-electron chi connectivity index (χ4n) is 3.52. The van der Waals surface area contributed by atoms with Crippen molar-refractivity contribution in [1.82, 2.24) is 29.9 Å². The summed E-state index contributed by atoms with van der Waals surface area (Å²) in [5.41, 5.74) is 2.82. The zero-order valence-corrected chi connectivity index (χ0v) is 15.5. The van der Waals surface area contributed by atoms with Gasteiger partial charge in [-0.3, -0.25) is 4.79 Å². The average molecular weight is 365 g/mol. The van der Waals surface area contributed by atoms with E-state index < -0.39 is 0 Å². The summed E-state index contributed by atoms with van der Waals surface area (Å²) in [6.45, 7) is 3.83. The molecule has 0 unspecified atom stereocenters. The van der Waals surface area contributed by atoms with Crippen molar-refractivity contribution < 1.29 is 4.79 Å². The number of amides is 1. The van der Waals surface area contributed by atoms with E-state index in [0.717, 1.165) is 43.0 Å². The van der Waals surface area contributed by atoms with Crippen LogP contribution in [-0.2, 0) is 7.05 Å². The Kier molecular flexibility index (Phi) is 4.72. The van der Waals surface area contributed by atoms with Gasteiger partial charge in [0.2, 0.25) is 0 Å². The van der Waals surface area contributed by atoms with Gasteiger partial charge in [-0.25, -0.2) is 9.67 Å². The topological polar surface area (TPSA) is 89.7 Å². The molecule has 0 bridgehead atoms. The number of imidazole rings is 1. The van der Waals surface area contributed by atoms with Gasteiger partial charge in [0, 0.05) is 30.7 Å². The Morgan fingerprint density at radius 2 is 2.11 bits per heavy atom. The lowest BCUT2D eigenvalue weighted by Crippen LogP contribution is -2.30. The molecule has 3 aromatic rings.